The molecule has 1 saturated heterocycles. The summed E-state index contributed by atoms with van der Waals surface area (Å²) in [4.78, 5) is 37.4. The van der Waals surface area contributed by atoms with Crippen molar-refractivity contribution < 1.29 is 19.1 Å². The molecule has 27 heavy (non-hydrogen) atoms. The van der Waals surface area contributed by atoms with Crippen molar-refractivity contribution >= 4 is 23.4 Å². The molecule has 2 rings (SSSR count). The van der Waals surface area contributed by atoms with Gasteiger partial charge in [-0.1, -0.05) is 13.8 Å². The highest BCUT2D eigenvalue weighted by molar-refractivity contribution is 5.98. The third-order valence-electron chi connectivity index (χ3n) is 4.16. The molecule has 7 nitrogen and oxygen atoms in total. The standard InChI is InChI=1S/C20H29N3O4/c1-15(2)14-27-12-4-10-21-18(24)13-22-20(26)16-6-8-17(9-7-16)23-11-3-5-19(23)25/h6-9,15H,3-5,10-14H2,1-2H3,(H,21,24)(H,22,26). The van der Waals surface area contributed by atoms with Gasteiger partial charge in [-0.05, 0) is 43.0 Å². The molecular formula is C20H29N3O4. The third-order valence-corrected chi connectivity index (χ3v) is 4.16. The molecule has 0 aromatic heterocycles. The Labute approximate surface area is 160 Å². The van der Waals surface area contributed by atoms with Gasteiger partial charge in [-0.2, -0.15) is 0 Å². The van der Waals surface area contributed by atoms with E-state index < -0.39 is 0 Å². The van der Waals surface area contributed by atoms with Crippen molar-refractivity contribution in [2.24, 2.45) is 5.92 Å². The summed E-state index contributed by atoms with van der Waals surface area (Å²) in [6, 6.07) is 6.85. The number of carbonyl (C=O) groups excluding carboxylic acids is 3. The number of carbonyl (C=O) groups is 3. The highest BCUT2D eigenvalue weighted by atomic mass is 16.5. The SMILES string of the molecule is CC(C)COCCCNC(=O)CNC(=O)c1ccc(N2CCCC2=O)cc1. The van der Waals surface area contributed by atoms with E-state index in [4.69, 9.17) is 4.74 Å². The maximum atomic E-state index is 12.1. The minimum Gasteiger partial charge on any atom is -0.381 e. The van der Waals surface area contributed by atoms with Crippen LogP contribution in [0.5, 0.6) is 0 Å². The molecule has 0 radical (unpaired) electrons. The summed E-state index contributed by atoms with van der Waals surface area (Å²) in [6.45, 7) is 6.66. The highest BCUT2D eigenvalue weighted by Gasteiger charge is 2.21. The molecule has 0 saturated carbocycles. The Morgan fingerprint density at radius 2 is 1.93 bits per heavy atom. The van der Waals surface area contributed by atoms with Crippen molar-refractivity contribution in [2.45, 2.75) is 33.1 Å². The number of hydrogen-bond donors (Lipinski definition) is 2. The first-order valence-corrected chi connectivity index (χ1v) is 9.50. The maximum absolute atomic E-state index is 12.1. The molecule has 0 bridgehead atoms. The van der Waals surface area contributed by atoms with E-state index in [1.807, 2.05) is 0 Å². The molecule has 1 fully saturated rings. The lowest BCUT2D eigenvalue weighted by Crippen LogP contribution is -2.37. The highest BCUT2D eigenvalue weighted by Crippen LogP contribution is 2.21. The van der Waals surface area contributed by atoms with Crippen molar-refractivity contribution in [1.29, 1.82) is 0 Å². The van der Waals surface area contributed by atoms with Gasteiger partial charge in [0.15, 0.2) is 0 Å². The second-order valence-corrected chi connectivity index (χ2v) is 7.05. The van der Waals surface area contributed by atoms with Crippen LogP contribution in [0.25, 0.3) is 0 Å². The predicted octanol–water partition coefficient (Wildman–Crippen LogP) is 1.72. The fraction of sp³-hybridized carbons (Fsp3) is 0.550. The van der Waals surface area contributed by atoms with Gasteiger partial charge in [-0.25, -0.2) is 0 Å². The van der Waals surface area contributed by atoms with Crippen molar-refractivity contribution in [1.82, 2.24) is 10.6 Å². The minimum atomic E-state index is -0.315. The molecule has 0 spiro atoms. The molecule has 1 aromatic rings. The number of ether oxygens (including phenoxy) is 1. The molecule has 0 atom stereocenters. The van der Waals surface area contributed by atoms with Crippen molar-refractivity contribution in [3.63, 3.8) is 0 Å². The number of rotatable bonds is 10. The first kappa shape index (κ1) is 20.9. The quantitative estimate of drug-likeness (QED) is 0.610. The number of benzene rings is 1. The van der Waals surface area contributed by atoms with E-state index in [9.17, 15) is 14.4 Å². The Morgan fingerprint density at radius 3 is 2.56 bits per heavy atom. The van der Waals surface area contributed by atoms with E-state index in [0.717, 1.165) is 18.5 Å². The second kappa shape index (κ2) is 10.7. The third kappa shape index (κ3) is 7.02. The predicted molar refractivity (Wildman–Crippen MR) is 104 cm³/mol. The van der Waals surface area contributed by atoms with Crippen LogP contribution in [0.15, 0.2) is 24.3 Å². The van der Waals surface area contributed by atoms with Gasteiger partial charge in [-0.3, -0.25) is 14.4 Å². The number of nitrogens with one attached hydrogen (secondary N) is 2. The van der Waals surface area contributed by atoms with E-state index in [2.05, 4.69) is 24.5 Å². The molecule has 1 aromatic carbocycles. The van der Waals surface area contributed by atoms with Crippen LogP contribution in [0.1, 0.15) is 43.5 Å². The molecule has 1 heterocycles. The molecule has 3 amide bonds. The largest absolute Gasteiger partial charge is 0.381 e. The second-order valence-electron chi connectivity index (χ2n) is 7.05. The van der Waals surface area contributed by atoms with Gasteiger partial charge in [0.1, 0.15) is 0 Å². The number of anilines is 1. The van der Waals surface area contributed by atoms with Gasteiger partial charge in [0.25, 0.3) is 5.91 Å². The normalized spacial score (nSPS) is 13.9. The molecule has 1 aliphatic rings. The van der Waals surface area contributed by atoms with Crippen LogP contribution < -0.4 is 15.5 Å². The van der Waals surface area contributed by atoms with Crippen LogP contribution >= 0.6 is 0 Å². The van der Waals surface area contributed by atoms with Crippen molar-refractivity contribution in [3.8, 4) is 0 Å². The number of amides is 3. The zero-order valence-electron chi connectivity index (χ0n) is 16.1. The lowest BCUT2D eigenvalue weighted by Gasteiger charge is -2.15. The minimum absolute atomic E-state index is 0.0714. The maximum Gasteiger partial charge on any atom is 0.251 e. The molecule has 0 unspecified atom stereocenters. The molecular weight excluding hydrogens is 346 g/mol. The first-order valence-electron chi connectivity index (χ1n) is 9.50. The first-order chi connectivity index (χ1) is 13.0. The number of hydrogen-bond acceptors (Lipinski definition) is 4. The van der Waals surface area contributed by atoms with Crippen LogP contribution in [-0.2, 0) is 14.3 Å². The van der Waals surface area contributed by atoms with Crippen molar-refractivity contribution in [3.05, 3.63) is 29.8 Å². The van der Waals surface area contributed by atoms with Crippen molar-refractivity contribution in [2.75, 3.05) is 37.7 Å². The molecule has 0 aliphatic carbocycles. The van der Waals surface area contributed by atoms with Crippen LogP contribution in [-0.4, -0.2) is 50.6 Å². The lowest BCUT2D eigenvalue weighted by atomic mass is 10.2. The zero-order chi connectivity index (χ0) is 19.6. The summed E-state index contributed by atoms with van der Waals surface area (Å²) in [5.41, 5.74) is 1.26. The van der Waals surface area contributed by atoms with Gasteiger partial charge in [0.2, 0.25) is 11.8 Å². The summed E-state index contributed by atoms with van der Waals surface area (Å²) in [7, 11) is 0. The van der Waals surface area contributed by atoms with E-state index in [-0.39, 0.29) is 24.3 Å². The molecule has 1 aliphatic heterocycles. The average molecular weight is 375 g/mol. The molecule has 148 valence electrons. The summed E-state index contributed by atoms with van der Waals surface area (Å²) in [5.74, 6) is 0.0643. The van der Waals surface area contributed by atoms with Gasteiger partial charge >= 0.3 is 0 Å². The summed E-state index contributed by atoms with van der Waals surface area (Å²) >= 11 is 0. The van der Waals surface area contributed by atoms with E-state index in [0.29, 0.717) is 44.2 Å². The molecule has 7 heteroatoms. The summed E-state index contributed by atoms with van der Waals surface area (Å²) < 4.78 is 5.44. The molecule has 2 N–H and O–H groups in total. The van der Waals surface area contributed by atoms with Crippen LogP contribution in [0.2, 0.25) is 0 Å². The summed E-state index contributed by atoms with van der Waals surface area (Å²) in [5, 5.41) is 5.35. The Hall–Kier alpha value is -2.41. The average Bonchev–Trinajstić information content (AvgIpc) is 3.08. The fourth-order valence-corrected chi connectivity index (χ4v) is 2.76. The lowest BCUT2D eigenvalue weighted by molar-refractivity contribution is -0.120. The smallest absolute Gasteiger partial charge is 0.251 e. The van der Waals surface area contributed by atoms with E-state index in [1.54, 1.807) is 29.2 Å². The van der Waals surface area contributed by atoms with Gasteiger partial charge < -0.3 is 20.3 Å². The summed E-state index contributed by atoms with van der Waals surface area (Å²) in [6.07, 6.45) is 2.17. The Bertz CT molecular complexity index is 643. The Kier molecular flexibility index (Phi) is 8.26. The van der Waals surface area contributed by atoms with Crippen LogP contribution in [0.3, 0.4) is 0 Å². The van der Waals surface area contributed by atoms with Crippen LogP contribution in [0.4, 0.5) is 5.69 Å². The monoisotopic (exact) mass is 375 g/mol. The van der Waals surface area contributed by atoms with E-state index in [1.165, 1.54) is 0 Å². The zero-order valence-corrected chi connectivity index (χ0v) is 16.1. The van der Waals surface area contributed by atoms with Gasteiger partial charge in [0.05, 0.1) is 6.54 Å². The van der Waals surface area contributed by atoms with Gasteiger partial charge in [-0.15, -0.1) is 0 Å². The van der Waals surface area contributed by atoms with Crippen LogP contribution in [0, 0.1) is 5.92 Å². The topological polar surface area (TPSA) is 87.7 Å². The van der Waals surface area contributed by atoms with E-state index >= 15 is 0 Å². The Balaban J connectivity index is 1.66. The fourth-order valence-electron chi connectivity index (χ4n) is 2.76. The Morgan fingerprint density at radius 1 is 1.19 bits per heavy atom. The number of nitrogens with zero attached hydrogens (tertiary/aromatic N) is 1. The van der Waals surface area contributed by atoms with Gasteiger partial charge in [0, 0.05) is 44.0 Å².